The third-order valence-electron chi connectivity index (χ3n) is 1.72. The van der Waals surface area contributed by atoms with Crippen molar-refractivity contribution in [1.82, 2.24) is 0 Å². The molecule has 1 aromatic heterocycles. The molecule has 11 heavy (non-hydrogen) atoms. The van der Waals surface area contributed by atoms with Gasteiger partial charge >= 0.3 is 0 Å². The molecule has 62 valence electrons. The van der Waals surface area contributed by atoms with Crippen LogP contribution < -0.4 is 5.73 Å². The highest BCUT2D eigenvalue weighted by molar-refractivity contribution is 9.10. The predicted molar refractivity (Wildman–Crippen MR) is 48.2 cm³/mol. The zero-order valence-electron chi connectivity index (χ0n) is 6.67. The first-order chi connectivity index (χ1) is 5.13. The number of hydrogen-bond acceptors (Lipinski definition) is 2. The van der Waals surface area contributed by atoms with Crippen molar-refractivity contribution in [2.45, 2.75) is 19.9 Å². The van der Waals surface area contributed by atoms with Gasteiger partial charge in [0.25, 0.3) is 0 Å². The van der Waals surface area contributed by atoms with E-state index >= 15 is 0 Å². The maximum Gasteiger partial charge on any atom is 0.173 e. The SMILES string of the molecule is CC(C)[C@H](N)c1ccoc1Br. The van der Waals surface area contributed by atoms with Crippen molar-refractivity contribution in [1.29, 1.82) is 0 Å². The van der Waals surface area contributed by atoms with E-state index in [4.69, 9.17) is 10.2 Å². The standard InChI is InChI=1S/C8H12BrNO/c1-5(2)7(10)6-3-4-11-8(6)9/h3-5,7H,10H2,1-2H3/t7-/m0/s1. The van der Waals surface area contributed by atoms with E-state index in [1.807, 2.05) is 6.07 Å². The Hall–Kier alpha value is -0.280. The minimum Gasteiger partial charge on any atom is -0.457 e. The molecule has 0 aliphatic carbocycles. The van der Waals surface area contributed by atoms with E-state index in [-0.39, 0.29) is 6.04 Å². The van der Waals surface area contributed by atoms with Crippen molar-refractivity contribution < 1.29 is 4.42 Å². The molecule has 1 atom stereocenters. The van der Waals surface area contributed by atoms with Gasteiger partial charge in [-0.05, 0) is 27.9 Å². The topological polar surface area (TPSA) is 39.2 Å². The number of nitrogens with two attached hydrogens (primary N) is 1. The fourth-order valence-electron chi connectivity index (χ4n) is 0.902. The highest BCUT2D eigenvalue weighted by Gasteiger charge is 2.14. The lowest BCUT2D eigenvalue weighted by Crippen LogP contribution is -2.16. The first kappa shape index (κ1) is 8.81. The first-order valence-electron chi connectivity index (χ1n) is 3.61. The van der Waals surface area contributed by atoms with Crippen LogP contribution in [0.4, 0.5) is 0 Å². The first-order valence-corrected chi connectivity index (χ1v) is 4.40. The number of halogens is 1. The second-order valence-electron chi connectivity index (χ2n) is 2.92. The zero-order chi connectivity index (χ0) is 8.43. The summed E-state index contributed by atoms with van der Waals surface area (Å²) in [6.45, 7) is 4.17. The Morgan fingerprint density at radius 3 is 2.55 bits per heavy atom. The molecule has 0 bridgehead atoms. The normalized spacial score (nSPS) is 13.9. The van der Waals surface area contributed by atoms with E-state index in [1.54, 1.807) is 6.26 Å². The van der Waals surface area contributed by atoms with E-state index in [9.17, 15) is 0 Å². The third-order valence-corrected chi connectivity index (χ3v) is 2.37. The number of hydrogen-bond donors (Lipinski definition) is 1. The van der Waals surface area contributed by atoms with E-state index < -0.39 is 0 Å². The molecule has 3 heteroatoms. The summed E-state index contributed by atoms with van der Waals surface area (Å²) in [7, 11) is 0. The van der Waals surface area contributed by atoms with E-state index in [0.717, 1.165) is 10.2 Å². The van der Waals surface area contributed by atoms with Crippen molar-refractivity contribution in [2.75, 3.05) is 0 Å². The van der Waals surface area contributed by atoms with Crippen LogP contribution in [0.2, 0.25) is 0 Å². The summed E-state index contributed by atoms with van der Waals surface area (Å²) in [5, 5.41) is 0. The molecule has 1 heterocycles. The fraction of sp³-hybridized carbons (Fsp3) is 0.500. The summed E-state index contributed by atoms with van der Waals surface area (Å²) < 4.78 is 5.82. The van der Waals surface area contributed by atoms with Gasteiger partial charge in [0.05, 0.1) is 6.26 Å². The summed E-state index contributed by atoms with van der Waals surface area (Å²) >= 11 is 3.29. The van der Waals surface area contributed by atoms with Crippen LogP contribution in [0.5, 0.6) is 0 Å². The second kappa shape index (κ2) is 3.41. The second-order valence-corrected chi connectivity index (χ2v) is 3.64. The van der Waals surface area contributed by atoms with Crippen LogP contribution >= 0.6 is 15.9 Å². The summed E-state index contributed by atoms with van der Waals surface area (Å²) in [4.78, 5) is 0. The van der Waals surface area contributed by atoms with E-state index in [0.29, 0.717) is 5.92 Å². The summed E-state index contributed by atoms with van der Waals surface area (Å²) in [5.41, 5.74) is 6.93. The van der Waals surface area contributed by atoms with Crippen molar-refractivity contribution in [2.24, 2.45) is 11.7 Å². The van der Waals surface area contributed by atoms with Gasteiger partial charge in [-0.2, -0.15) is 0 Å². The molecule has 0 saturated carbocycles. The predicted octanol–water partition coefficient (Wildman–Crippen LogP) is 2.70. The Morgan fingerprint density at radius 2 is 2.18 bits per heavy atom. The average molecular weight is 218 g/mol. The van der Waals surface area contributed by atoms with Crippen LogP contribution in [0.3, 0.4) is 0 Å². The van der Waals surface area contributed by atoms with Gasteiger partial charge in [-0.25, -0.2) is 0 Å². The van der Waals surface area contributed by atoms with Crippen LogP contribution in [-0.2, 0) is 0 Å². The van der Waals surface area contributed by atoms with Crippen molar-refractivity contribution in [3.63, 3.8) is 0 Å². The largest absolute Gasteiger partial charge is 0.457 e. The Morgan fingerprint density at radius 1 is 1.55 bits per heavy atom. The molecule has 0 spiro atoms. The molecule has 1 aromatic rings. The van der Waals surface area contributed by atoms with E-state index in [2.05, 4.69) is 29.8 Å². The molecule has 0 amide bonds. The Bertz CT molecular complexity index is 232. The lowest BCUT2D eigenvalue weighted by molar-refractivity contribution is 0.488. The molecular formula is C8H12BrNO. The van der Waals surface area contributed by atoms with Crippen LogP contribution in [0, 0.1) is 5.92 Å². The molecular weight excluding hydrogens is 206 g/mol. The molecule has 0 radical (unpaired) electrons. The van der Waals surface area contributed by atoms with Gasteiger partial charge in [0.1, 0.15) is 0 Å². The highest BCUT2D eigenvalue weighted by atomic mass is 79.9. The molecule has 0 saturated heterocycles. The average Bonchev–Trinajstić information content (AvgIpc) is 2.33. The van der Waals surface area contributed by atoms with Crippen molar-refractivity contribution >= 4 is 15.9 Å². The summed E-state index contributed by atoms with van der Waals surface area (Å²) in [6, 6.07) is 1.96. The van der Waals surface area contributed by atoms with Gasteiger partial charge < -0.3 is 10.2 Å². The minimum absolute atomic E-state index is 0.0584. The van der Waals surface area contributed by atoms with Gasteiger partial charge in [-0.15, -0.1) is 0 Å². The Kier molecular flexibility index (Phi) is 2.73. The van der Waals surface area contributed by atoms with Crippen LogP contribution in [0.25, 0.3) is 0 Å². The molecule has 0 aromatic carbocycles. The van der Waals surface area contributed by atoms with Gasteiger partial charge in [0.2, 0.25) is 0 Å². The van der Waals surface area contributed by atoms with Gasteiger partial charge in [0.15, 0.2) is 4.67 Å². The van der Waals surface area contributed by atoms with Crippen molar-refractivity contribution in [3.8, 4) is 0 Å². The Balaban J connectivity index is 2.84. The third kappa shape index (κ3) is 1.84. The highest BCUT2D eigenvalue weighted by Crippen LogP contribution is 2.27. The molecule has 0 aliphatic rings. The fourth-order valence-corrected chi connectivity index (χ4v) is 1.41. The summed E-state index contributed by atoms with van der Waals surface area (Å²) in [5.74, 6) is 0.434. The number of rotatable bonds is 2. The molecule has 0 aliphatic heterocycles. The van der Waals surface area contributed by atoms with Crippen LogP contribution in [0.1, 0.15) is 25.5 Å². The minimum atomic E-state index is 0.0584. The lowest BCUT2D eigenvalue weighted by atomic mass is 10.00. The molecule has 2 N–H and O–H groups in total. The lowest BCUT2D eigenvalue weighted by Gasteiger charge is -2.13. The monoisotopic (exact) mass is 217 g/mol. The smallest absolute Gasteiger partial charge is 0.173 e. The number of furan rings is 1. The van der Waals surface area contributed by atoms with Gasteiger partial charge in [0, 0.05) is 11.6 Å². The Labute approximate surface area is 74.9 Å². The zero-order valence-corrected chi connectivity index (χ0v) is 8.26. The van der Waals surface area contributed by atoms with Gasteiger partial charge in [-0.1, -0.05) is 13.8 Å². The quantitative estimate of drug-likeness (QED) is 0.828. The molecule has 0 unspecified atom stereocenters. The molecule has 2 nitrogen and oxygen atoms in total. The summed E-state index contributed by atoms with van der Waals surface area (Å²) in [6.07, 6.45) is 1.64. The molecule has 0 fully saturated rings. The van der Waals surface area contributed by atoms with E-state index in [1.165, 1.54) is 0 Å². The van der Waals surface area contributed by atoms with Crippen molar-refractivity contribution in [3.05, 3.63) is 22.6 Å². The van der Waals surface area contributed by atoms with Crippen LogP contribution in [0.15, 0.2) is 21.4 Å². The van der Waals surface area contributed by atoms with Gasteiger partial charge in [-0.3, -0.25) is 0 Å². The molecule has 1 rings (SSSR count). The maximum atomic E-state index is 5.89. The maximum absolute atomic E-state index is 5.89. The van der Waals surface area contributed by atoms with Crippen LogP contribution in [-0.4, -0.2) is 0 Å².